The standard InChI is InChI=1S/C9H4BrClF3NO3/c10-8-4(9(12,13)14)1-2-5(15(17)18)7(8)6(16)3-11/h1-2H,3H2. The van der Waals surface area contributed by atoms with Crippen LogP contribution >= 0.6 is 27.5 Å². The Bertz CT molecular complexity index is 519. The molecule has 0 aliphatic carbocycles. The van der Waals surface area contributed by atoms with Gasteiger partial charge >= 0.3 is 6.18 Å². The second-order valence-electron chi connectivity index (χ2n) is 3.13. The van der Waals surface area contributed by atoms with Crippen LogP contribution in [0.1, 0.15) is 15.9 Å². The lowest BCUT2D eigenvalue weighted by molar-refractivity contribution is -0.385. The number of nitrogens with zero attached hydrogens (tertiary/aromatic N) is 1. The first-order valence-electron chi connectivity index (χ1n) is 4.33. The van der Waals surface area contributed by atoms with Crippen molar-refractivity contribution >= 4 is 39.0 Å². The van der Waals surface area contributed by atoms with Crippen molar-refractivity contribution in [3.05, 3.63) is 37.8 Å². The zero-order chi connectivity index (χ0) is 14.1. The normalized spacial score (nSPS) is 11.4. The number of benzene rings is 1. The van der Waals surface area contributed by atoms with Crippen LogP contribution in [0.3, 0.4) is 0 Å². The van der Waals surface area contributed by atoms with Crippen molar-refractivity contribution in [2.45, 2.75) is 6.18 Å². The van der Waals surface area contributed by atoms with Crippen molar-refractivity contribution in [1.29, 1.82) is 0 Å². The molecule has 0 aromatic heterocycles. The van der Waals surface area contributed by atoms with Gasteiger partial charge in [-0.3, -0.25) is 14.9 Å². The lowest BCUT2D eigenvalue weighted by Gasteiger charge is -2.11. The third kappa shape index (κ3) is 2.81. The maximum atomic E-state index is 12.6. The van der Waals surface area contributed by atoms with Gasteiger partial charge in [-0.15, -0.1) is 11.6 Å². The Labute approximate surface area is 112 Å². The third-order valence-corrected chi connectivity index (χ3v) is 3.09. The predicted molar refractivity (Wildman–Crippen MR) is 60.8 cm³/mol. The summed E-state index contributed by atoms with van der Waals surface area (Å²) in [5, 5.41) is 10.7. The molecule has 0 spiro atoms. The molecular weight excluding hydrogens is 342 g/mol. The first-order valence-corrected chi connectivity index (χ1v) is 5.66. The first-order chi connectivity index (χ1) is 8.20. The highest BCUT2D eigenvalue weighted by Gasteiger charge is 2.37. The predicted octanol–water partition coefficient (Wildman–Crippen LogP) is 3.80. The van der Waals surface area contributed by atoms with E-state index < -0.39 is 44.0 Å². The van der Waals surface area contributed by atoms with E-state index in [1.165, 1.54) is 0 Å². The van der Waals surface area contributed by atoms with E-state index in [4.69, 9.17) is 11.6 Å². The van der Waals surface area contributed by atoms with Gasteiger partial charge in [0, 0.05) is 10.5 Å². The van der Waals surface area contributed by atoms with Gasteiger partial charge in [0.2, 0.25) is 0 Å². The van der Waals surface area contributed by atoms with Gasteiger partial charge in [0.05, 0.1) is 16.4 Å². The molecule has 0 heterocycles. The first kappa shape index (κ1) is 14.9. The zero-order valence-electron chi connectivity index (χ0n) is 8.42. The monoisotopic (exact) mass is 345 g/mol. The third-order valence-electron chi connectivity index (χ3n) is 2.02. The number of alkyl halides is 4. The van der Waals surface area contributed by atoms with Gasteiger partial charge in [-0.1, -0.05) is 0 Å². The molecule has 0 aliphatic heterocycles. The number of Topliss-reactive ketones (excluding diaryl/α,β-unsaturated/α-hetero) is 1. The summed E-state index contributed by atoms with van der Waals surface area (Å²) < 4.78 is 37.1. The number of halogens is 5. The van der Waals surface area contributed by atoms with E-state index in [1.54, 1.807) is 0 Å². The van der Waals surface area contributed by atoms with Crippen molar-refractivity contribution in [2.75, 3.05) is 5.88 Å². The van der Waals surface area contributed by atoms with E-state index in [1.807, 2.05) is 0 Å². The molecule has 0 fully saturated rings. The lowest BCUT2D eigenvalue weighted by atomic mass is 10.1. The topological polar surface area (TPSA) is 60.2 Å². The maximum Gasteiger partial charge on any atom is 0.417 e. The molecule has 4 nitrogen and oxygen atoms in total. The van der Waals surface area contributed by atoms with E-state index >= 15 is 0 Å². The molecule has 1 aromatic rings. The second-order valence-corrected chi connectivity index (χ2v) is 4.19. The average Bonchev–Trinajstić information content (AvgIpc) is 2.25. The summed E-state index contributed by atoms with van der Waals surface area (Å²) in [5.74, 6) is -1.61. The van der Waals surface area contributed by atoms with E-state index in [2.05, 4.69) is 15.9 Å². The van der Waals surface area contributed by atoms with Crippen molar-refractivity contribution in [2.24, 2.45) is 0 Å². The summed E-state index contributed by atoms with van der Waals surface area (Å²) in [5.41, 5.74) is -2.56. The largest absolute Gasteiger partial charge is 0.417 e. The van der Waals surface area contributed by atoms with Gasteiger partial charge in [0.1, 0.15) is 5.56 Å². The number of hydrogen-bond donors (Lipinski definition) is 0. The second kappa shape index (κ2) is 5.23. The quantitative estimate of drug-likeness (QED) is 0.362. The highest BCUT2D eigenvalue weighted by atomic mass is 79.9. The van der Waals surface area contributed by atoms with E-state index in [-0.39, 0.29) is 0 Å². The number of rotatable bonds is 3. The van der Waals surface area contributed by atoms with Gasteiger partial charge in [0.15, 0.2) is 5.78 Å². The van der Waals surface area contributed by atoms with Crippen LogP contribution in [0, 0.1) is 10.1 Å². The van der Waals surface area contributed by atoms with Gasteiger partial charge < -0.3 is 0 Å². The Balaban J connectivity index is 3.60. The van der Waals surface area contributed by atoms with Crippen molar-refractivity contribution in [3.63, 3.8) is 0 Å². The van der Waals surface area contributed by atoms with Crippen LogP contribution in [0.2, 0.25) is 0 Å². The number of hydrogen-bond acceptors (Lipinski definition) is 3. The van der Waals surface area contributed by atoms with Crippen LogP contribution < -0.4 is 0 Å². The summed E-state index contributed by atoms with van der Waals surface area (Å²) in [4.78, 5) is 21.1. The molecule has 98 valence electrons. The smallest absolute Gasteiger partial charge is 0.293 e. The van der Waals surface area contributed by atoms with E-state index in [0.29, 0.717) is 12.1 Å². The van der Waals surface area contributed by atoms with Gasteiger partial charge in [-0.25, -0.2) is 0 Å². The van der Waals surface area contributed by atoms with Crippen molar-refractivity contribution in [1.82, 2.24) is 0 Å². The molecule has 1 rings (SSSR count). The highest BCUT2D eigenvalue weighted by Crippen LogP contribution is 2.39. The van der Waals surface area contributed by atoms with Gasteiger partial charge in [-0.05, 0) is 22.0 Å². The fourth-order valence-electron chi connectivity index (χ4n) is 1.27. The summed E-state index contributed by atoms with van der Waals surface area (Å²) in [6, 6.07) is 1.17. The number of carbonyl (C=O) groups excluding carboxylic acids is 1. The molecule has 0 amide bonds. The number of ketones is 1. The maximum absolute atomic E-state index is 12.6. The van der Waals surface area contributed by atoms with Crippen LogP contribution in [0.5, 0.6) is 0 Å². The number of carbonyl (C=O) groups is 1. The fraction of sp³-hybridized carbons (Fsp3) is 0.222. The van der Waals surface area contributed by atoms with Gasteiger partial charge in [-0.2, -0.15) is 13.2 Å². The Morgan fingerprint density at radius 1 is 1.44 bits per heavy atom. The molecule has 0 saturated heterocycles. The molecule has 0 aliphatic rings. The lowest BCUT2D eigenvalue weighted by Crippen LogP contribution is -2.12. The molecule has 9 heteroatoms. The SMILES string of the molecule is O=C(CCl)c1c([N+](=O)[O-])ccc(C(F)(F)F)c1Br. The minimum absolute atomic E-state index is 0.535. The molecule has 0 radical (unpaired) electrons. The number of nitro groups is 1. The zero-order valence-corrected chi connectivity index (χ0v) is 10.8. The van der Waals surface area contributed by atoms with Crippen molar-refractivity contribution < 1.29 is 22.9 Å². The molecular formula is C9H4BrClF3NO3. The molecule has 1 aromatic carbocycles. The van der Waals surface area contributed by atoms with Crippen LogP contribution in [0.4, 0.5) is 18.9 Å². The average molecular weight is 346 g/mol. The minimum atomic E-state index is -4.73. The van der Waals surface area contributed by atoms with Crippen LogP contribution in [-0.4, -0.2) is 16.6 Å². The van der Waals surface area contributed by atoms with E-state index in [9.17, 15) is 28.1 Å². The highest BCUT2D eigenvalue weighted by molar-refractivity contribution is 9.10. The Hall–Kier alpha value is -1.15. The minimum Gasteiger partial charge on any atom is -0.293 e. The Morgan fingerprint density at radius 3 is 2.39 bits per heavy atom. The summed E-state index contributed by atoms with van der Waals surface area (Å²) in [6.07, 6.45) is -4.73. The van der Waals surface area contributed by atoms with E-state index in [0.717, 1.165) is 0 Å². The molecule has 0 unspecified atom stereocenters. The summed E-state index contributed by atoms with van der Waals surface area (Å²) >= 11 is 7.80. The molecule has 0 saturated carbocycles. The van der Waals surface area contributed by atoms with Crippen LogP contribution in [0.15, 0.2) is 16.6 Å². The Morgan fingerprint density at radius 2 is 2.00 bits per heavy atom. The molecule has 18 heavy (non-hydrogen) atoms. The van der Waals surface area contributed by atoms with Crippen LogP contribution in [-0.2, 0) is 6.18 Å². The Kier molecular flexibility index (Phi) is 4.33. The summed E-state index contributed by atoms with van der Waals surface area (Å²) in [7, 11) is 0. The molecule has 0 bridgehead atoms. The van der Waals surface area contributed by atoms with Gasteiger partial charge in [0.25, 0.3) is 5.69 Å². The molecule has 0 atom stereocenters. The molecule has 0 N–H and O–H groups in total. The fourth-order valence-corrected chi connectivity index (χ4v) is 2.18. The van der Waals surface area contributed by atoms with Crippen molar-refractivity contribution in [3.8, 4) is 0 Å². The number of nitro benzene ring substituents is 1. The van der Waals surface area contributed by atoms with Crippen LogP contribution in [0.25, 0.3) is 0 Å². The summed E-state index contributed by atoms with van der Waals surface area (Å²) in [6.45, 7) is 0.